The van der Waals surface area contributed by atoms with Gasteiger partial charge in [0.15, 0.2) is 0 Å². The quantitative estimate of drug-likeness (QED) is 0.673. The number of amides is 3. The van der Waals surface area contributed by atoms with E-state index in [9.17, 15) is 9.59 Å². The number of hydrogen-bond donors (Lipinski definition) is 2. The average Bonchev–Trinajstić information content (AvgIpc) is 3.13. The van der Waals surface area contributed by atoms with Gasteiger partial charge in [-0.3, -0.25) is 4.79 Å². The molecular formula is C21H30N4O4. The highest BCUT2D eigenvalue weighted by atomic mass is 16.5. The van der Waals surface area contributed by atoms with Crippen molar-refractivity contribution in [3.05, 3.63) is 47.9 Å². The molecular weight excluding hydrogens is 372 g/mol. The molecule has 0 spiro atoms. The Hall–Kier alpha value is -3.00. The van der Waals surface area contributed by atoms with Crippen LogP contribution in [0.1, 0.15) is 25.2 Å². The first kappa shape index (κ1) is 22.3. The largest absolute Gasteiger partial charge is 0.467 e. The summed E-state index contributed by atoms with van der Waals surface area (Å²) in [5.41, 5.74) is 2.50. The highest BCUT2D eigenvalue weighted by Gasteiger charge is 2.18. The fraction of sp³-hybridized carbons (Fsp3) is 0.429. The highest BCUT2D eigenvalue weighted by Crippen LogP contribution is 2.25. The van der Waals surface area contributed by atoms with Crippen LogP contribution in [-0.4, -0.2) is 50.7 Å². The number of rotatable bonds is 9. The smallest absolute Gasteiger partial charge is 0.319 e. The Bertz CT molecular complexity index is 803. The Morgan fingerprint density at radius 2 is 1.93 bits per heavy atom. The lowest BCUT2D eigenvalue weighted by Gasteiger charge is -2.25. The summed E-state index contributed by atoms with van der Waals surface area (Å²) in [5, 5.41) is 5.64. The zero-order valence-electron chi connectivity index (χ0n) is 17.7. The Morgan fingerprint density at radius 1 is 1.17 bits per heavy atom. The molecule has 0 aliphatic heterocycles. The van der Waals surface area contributed by atoms with E-state index in [4.69, 9.17) is 9.15 Å². The number of ether oxygens (including phenoxy) is 1. The van der Waals surface area contributed by atoms with Crippen LogP contribution in [0.2, 0.25) is 0 Å². The van der Waals surface area contributed by atoms with Gasteiger partial charge >= 0.3 is 6.03 Å². The van der Waals surface area contributed by atoms with Gasteiger partial charge in [0, 0.05) is 45.2 Å². The molecule has 2 rings (SSSR count). The maximum atomic E-state index is 12.6. The van der Waals surface area contributed by atoms with Gasteiger partial charge in [-0.15, -0.1) is 0 Å². The highest BCUT2D eigenvalue weighted by molar-refractivity contribution is 5.90. The van der Waals surface area contributed by atoms with Crippen LogP contribution in [0.5, 0.6) is 0 Å². The summed E-state index contributed by atoms with van der Waals surface area (Å²) < 4.78 is 10.4. The minimum absolute atomic E-state index is 0.0211. The lowest BCUT2D eigenvalue weighted by molar-refractivity contribution is -0.136. The Morgan fingerprint density at radius 3 is 2.52 bits per heavy atom. The number of furan rings is 1. The summed E-state index contributed by atoms with van der Waals surface area (Å²) in [5.74, 6) is 0.538. The lowest BCUT2D eigenvalue weighted by atomic mass is 10.1. The third-order valence-electron chi connectivity index (χ3n) is 4.15. The van der Waals surface area contributed by atoms with Crippen molar-refractivity contribution in [1.82, 2.24) is 10.2 Å². The molecule has 1 aromatic carbocycles. The minimum Gasteiger partial charge on any atom is -0.467 e. The summed E-state index contributed by atoms with van der Waals surface area (Å²) in [4.78, 5) is 28.3. The van der Waals surface area contributed by atoms with Gasteiger partial charge in [0.05, 0.1) is 12.8 Å². The van der Waals surface area contributed by atoms with Crippen LogP contribution in [0, 0.1) is 0 Å². The zero-order valence-corrected chi connectivity index (χ0v) is 17.7. The maximum absolute atomic E-state index is 12.6. The average molecular weight is 402 g/mol. The van der Waals surface area contributed by atoms with Crippen LogP contribution in [0.15, 0.2) is 41.0 Å². The minimum atomic E-state index is -0.272. The predicted molar refractivity (Wildman–Crippen MR) is 113 cm³/mol. The molecule has 29 heavy (non-hydrogen) atoms. The third kappa shape index (κ3) is 6.83. The predicted octanol–water partition coefficient (Wildman–Crippen LogP) is 3.05. The van der Waals surface area contributed by atoms with E-state index in [1.807, 2.05) is 57.1 Å². The van der Waals surface area contributed by atoms with Crippen molar-refractivity contribution in [2.45, 2.75) is 33.0 Å². The van der Waals surface area contributed by atoms with Crippen LogP contribution in [-0.2, 0) is 22.6 Å². The molecule has 0 saturated carbocycles. The van der Waals surface area contributed by atoms with Gasteiger partial charge in [-0.2, -0.15) is 0 Å². The van der Waals surface area contributed by atoms with Gasteiger partial charge in [0.25, 0.3) is 0 Å². The third-order valence-corrected chi connectivity index (χ3v) is 4.15. The summed E-state index contributed by atoms with van der Waals surface area (Å²) in [6.07, 6.45) is 1.58. The topological polar surface area (TPSA) is 87.0 Å². The molecule has 0 bridgehead atoms. The first-order valence-corrected chi connectivity index (χ1v) is 9.47. The van der Waals surface area contributed by atoms with E-state index >= 15 is 0 Å². The van der Waals surface area contributed by atoms with E-state index in [0.717, 1.165) is 11.3 Å². The molecule has 2 aromatic rings. The monoisotopic (exact) mass is 402 g/mol. The second-order valence-electron chi connectivity index (χ2n) is 7.25. The van der Waals surface area contributed by atoms with Crippen molar-refractivity contribution in [3.63, 3.8) is 0 Å². The fourth-order valence-electron chi connectivity index (χ4n) is 2.90. The van der Waals surface area contributed by atoms with E-state index in [0.29, 0.717) is 24.5 Å². The molecule has 0 aliphatic carbocycles. The number of carbonyl (C=O) groups excluding carboxylic acids is 2. The number of hydrogen-bond acceptors (Lipinski definition) is 5. The van der Waals surface area contributed by atoms with E-state index < -0.39 is 0 Å². The number of anilines is 2. The van der Waals surface area contributed by atoms with E-state index in [2.05, 4.69) is 10.6 Å². The van der Waals surface area contributed by atoms with Crippen LogP contribution in [0.3, 0.4) is 0 Å². The van der Waals surface area contributed by atoms with Gasteiger partial charge < -0.3 is 29.6 Å². The van der Waals surface area contributed by atoms with Gasteiger partial charge in [-0.05, 0) is 49.7 Å². The first-order chi connectivity index (χ1) is 13.8. The maximum Gasteiger partial charge on any atom is 0.319 e. The van der Waals surface area contributed by atoms with Crippen LogP contribution in [0.25, 0.3) is 0 Å². The molecule has 2 N–H and O–H groups in total. The molecule has 3 amide bonds. The number of benzene rings is 1. The molecule has 1 aromatic heterocycles. The fourth-order valence-corrected chi connectivity index (χ4v) is 2.90. The molecule has 0 radical (unpaired) electrons. The van der Waals surface area contributed by atoms with E-state index in [1.165, 1.54) is 7.11 Å². The van der Waals surface area contributed by atoms with Crippen molar-refractivity contribution in [3.8, 4) is 0 Å². The molecule has 158 valence electrons. The standard InChI is InChI=1S/C21H30N4O4/c1-15(2)22-21(27)23-17-8-9-19(24(3)4)16(11-17)12-25(20(26)14-28-5)13-18-7-6-10-29-18/h6-11,15H,12-14H2,1-5H3,(H2,22,23,27). The molecule has 0 fully saturated rings. The molecule has 1 heterocycles. The van der Waals surface area contributed by atoms with Crippen molar-refractivity contribution in [2.75, 3.05) is 38.0 Å². The van der Waals surface area contributed by atoms with E-state index in [1.54, 1.807) is 17.2 Å². The van der Waals surface area contributed by atoms with Gasteiger partial charge in [-0.1, -0.05) is 0 Å². The van der Waals surface area contributed by atoms with Gasteiger partial charge in [-0.25, -0.2) is 4.79 Å². The second-order valence-corrected chi connectivity index (χ2v) is 7.25. The SMILES string of the molecule is COCC(=O)N(Cc1ccco1)Cc1cc(NC(=O)NC(C)C)ccc1N(C)C. The summed E-state index contributed by atoms with van der Waals surface area (Å²) >= 11 is 0. The zero-order chi connectivity index (χ0) is 21.4. The van der Waals surface area contributed by atoms with Gasteiger partial charge in [0.2, 0.25) is 5.91 Å². The van der Waals surface area contributed by atoms with Crippen molar-refractivity contribution >= 4 is 23.3 Å². The molecule has 0 aliphatic rings. The number of urea groups is 1. The van der Waals surface area contributed by atoms with Crippen LogP contribution in [0.4, 0.5) is 16.2 Å². The molecule has 8 nitrogen and oxygen atoms in total. The molecule has 8 heteroatoms. The van der Waals surface area contributed by atoms with Crippen LogP contribution >= 0.6 is 0 Å². The van der Waals surface area contributed by atoms with Crippen molar-refractivity contribution in [1.29, 1.82) is 0 Å². The number of methoxy groups -OCH3 is 1. The number of nitrogens with one attached hydrogen (secondary N) is 2. The number of nitrogens with zero attached hydrogens (tertiary/aromatic N) is 2. The summed E-state index contributed by atoms with van der Waals surface area (Å²) in [7, 11) is 5.36. The van der Waals surface area contributed by atoms with Crippen molar-refractivity contribution < 1.29 is 18.7 Å². The van der Waals surface area contributed by atoms with Crippen molar-refractivity contribution in [2.24, 2.45) is 0 Å². The lowest BCUT2D eigenvalue weighted by Crippen LogP contribution is -2.34. The molecule has 0 saturated heterocycles. The van der Waals surface area contributed by atoms with E-state index in [-0.39, 0.29) is 24.6 Å². The Kier molecular flexibility index (Phi) is 8.09. The second kappa shape index (κ2) is 10.5. The van der Waals surface area contributed by atoms with Crippen LogP contribution < -0.4 is 15.5 Å². The normalized spacial score (nSPS) is 10.7. The Labute approximate surface area is 171 Å². The molecule has 0 atom stereocenters. The number of carbonyl (C=O) groups is 2. The molecule has 0 unspecified atom stereocenters. The van der Waals surface area contributed by atoms with Gasteiger partial charge in [0.1, 0.15) is 12.4 Å². The Balaban J connectivity index is 2.28. The summed E-state index contributed by atoms with van der Waals surface area (Å²) in [6, 6.07) is 9.02. The summed E-state index contributed by atoms with van der Waals surface area (Å²) in [6.45, 7) is 4.44. The first-order valence-electron chi connectivity index (χ1n) is 9.47.